The van der Waals surface area contributed by atoms with Gasteiger partial charge in [-0.1, -0.05) is 17.7 Å². The van der Waals surface area contributed by atoms with Gasteiger partial charge in [0.15, 0.2) is 5.69 Å². The molecule has 0 aliphatic heterocycles. The molecule has 0 radical (unpaired) electrons. The lowest BCUT2D eigenvalue weighted by atomic mass is 10.1. The second-order valence-corrected chi connectivity index (χ2v) is 7.70. The minimum absolute atomic E-state index is 0.00201. The minimum atomic E-state index is -4.53. The second kappa shape index (κ2) is 8.86. The molecule has 0 spiro atoms. The number of aromatic nitrogens is 3. The number of benzene rings is 1. The van der Waals surface area contributed by atoms with Crippen LogP contribution in [-0.2, 0) is 12.7 Å². The summed E-state index contributed by atoms with van der Waals surface area (Å²) in [5, 5.41) is 5.25. The molecular weight excluding hydrogens is 457 g/mol. The number of carbonyl (C=O) groups excluding carboxylic acids is 2. The number of nitrogen functional groups attached to an aromatic ring is 1. The van der Waals surface area contributed by atoms with Gasteiger partial charge in [-0.25, -0.2) is 15.0 Å². The van der Waals surface area contributed by atoms with Crippen LogP contribution < -0.4 is 16.4 Å². The first-order chi connectivity index (χ1) is 14.6. The Morgan fingerprint density at radius 2 is 1.94 bits per heavy atom. The number of rotatable bonds is 5. The van der Waals surface area contributed by atoms with Crippen molar-refractivity contribution in [1.82, 2.24) is 20.3 Å². The number of anilines is 2. The number of alkyl halides is 3. The molecule has 0 saturated heterocycles. The summed E-state index contributed by atoms with van der Waals surface area (Å²) < 4.78 is 39.1. The standard InChI is InChI=1S/C18H14ClF3N6O2S/c1-8-2-3-9(4-10(8)18(20,21)22)28-16(29)11-5-24-12(31-11)6-25-17(30)14-13(19)15(23)27-7-26-14/h2-5,7H,6H2,1H3,(H,25,30)(H,28,29)(H2,23,26,27). The Labute approximate surface area is 182 Å². The third kappa shape index (κ3) is 5.27. The van der Waals surface area contributed by atoms with E-state index in [1.807, 2.05) is 0 Å². The number of carbonyl (C=O) groups is 2. The first kappa shape index (κ1) is 22.4. The molecule has 162 valence electrons. The number of hydrogen-bond donors (Lipinski definition) is 3. The van der Waals surface area contributed by atoms with Crippen LogP contribution in [0.1, 0.15) is 36.3 Å². The van der Waals surface area contributed by atoms with Gasteiger partial charge < -0.3 is 16.4 Å². The second-order valence-electron chi connectivity index (χ2n) is 6.20. The Morgan fingerprint density at radius 3 is 2.65 bits per heavy atom. The molecule has 0 bridgehead atoms. The summed E-state index contributed by atoms with van der Waals surface area (Å²) in [7, 11) is 0. The maximum absolute atomic E-state index is 13.0. The smallest absolute Gasteiger partial charge is 0.382 e. The third-order valence-electron chi connectivity index (χ3n) is 4.01. The predicted octanol–water partition coefficient (Wildman–Crippen LogP) is 3.68. The van der Waals surface area contributed by atoms with Crippen molar-refractivity contribution in [1.29, 1.82) is 0 Å². The highest BCUT2D eigenvalue weighted by atomic mass is 35.5. The highest BCUT2D eigenvalue weighted by Gasteiger charge is 2.32. The zero-order valence-corrected chi connectivity index (χ0v) is 17.3. The van der Waals surface area contributed by atoms with Gasteiger partial charge in [-0.2, -0.15) is 13.2 Å². The van der Waals surface area contributed by atoms with Crippen LogP contribution in [0.3, 0.4) is 0 Å². The molecule has 0 aliphatic rings. The van der Waals surface area contributed by atoms with Crippen molar-refractivity contribution in [3.05, 3.63) is 62.5 Å². The van der Waals surface area contributed by atoms with Gasteiger partial charge in [0.05, 0.1) is 18.3 Å². The molecular formula is C18H14ClF3N6O2S. The third-order valence-corrected chi connectivity index (χ3v) is 5.38. The average Bonchev–Trinajstić information content (AvgIpc) is 3.18. The predicted molar refractivity (Wildman–Crippen MR) is 109 cm³/mol. The van der Waals surface area contributed by atoms with Gasteiger partial charge in [-0.3, -0.25) is 9.59 Å². The van der Waals surface area contributed by atoms with E-state index in [0.29, 0.717) is 5.01 Å². The zero-order valence-electron chi connectivity index (χ0n) is 15.7. The van der Waals surface area contributed by atoms with E-state index < -0.39 is 23.6 Å². The largest absolute Gasteiger partial charge is 0.416 e. The first-order valence-corrected chi connectivity index (χ1v) is 9.73. The summed E-state index contributed by atoms with van der Waals surface area (Å²) in [6, 6.07) is 3.52. The van der Waals surface area contributed by atoms with Crippen LogP contribution in [0.25, 0.3) is 0 Å². The van der Waals surface area contributed by atoms with E-state index in [4.69, 9.17) is 17.3 Å². The molecule has 0 saturated carbocycles. The first-order valence-electron chi connectivity index (χ1n) is 8.54. The van der Waals surface area contributed by atoms with Crippen molar-refractivity contribution in [3.63, 3.8) is 0 Å². The Bertz CT molecular complexity index is 1150. The summed E-state index contributed by atoms with van der Waals surface area (Å²) in [6.07, 6.45) is -2.18. The lowest BCUT2D eigenvalue weighted by Crippen LogP contribution is -2.24. The van der Waals surface area contributed by atoms with Crippen LogP contribution in [0.15, 0.2) is 30.7 Å². The fourth-order valence-corrected chi connectivity index (χ4v) is 3.41. The Morgan fingerprint density at radius 1 is 1.19 bits per heavy atom. The van der Waals surface area contributed by atoms with Crippen molar-refractivity contribution < 1.29 is 22.8 Å². The lowest BCUT2D eigenvalue weighted by molar-refractivity contribution is -0.138. The van der Waals surface area contributed by atoms with E-state index in [0.717, 1.165) is 23.7 Å². The monoisotopic (exact) mass is 470 g/mol. The molecule has 4 N–H and O–H groups in total. The maximum Gasteiger partial charge on any atom is 0.416 e. The number of amides is 2. The fourth-order valence-electron chi connectivity index (χ4n) is 2.48. The highest BCUT2D eigenvalue weighted by Crippen LogP contribution is 2.33. The van der Waals surface area contributed by atoms with E-state index in [2.05, 4.69) is 25.6 Å². The summed E-state index contributed by atoms with van der Waals surface area (Å²) in [4.78, 5) is 36.1. The molecule has 2 aromatic heterocycles. The number of aryl methyl sites for hydroxylation is 1. The van der Waals surface area contributed by atoms with Crippen molar-refractivity contribution in [2.24, 2.45) is 0 Å². The van der Waals surface area contributed by atoms with Gasteiger partial charge in [0.25, 0.3) is 11.8 Å². The molecule has 2 amide bonds. The number of nitrogens with two attached hydrogens (primary N) is 1. The number of nitrogens with one attached hydrogen (secondary N) is 2. The summed E-state index contributed by atoms with van der Waals surface area (Å²) in [5.41, 5.74) is 4.64. The molecule has 31 heavy (non-hydrogen) atoms. The Balaban J connectivity index is 1.65. The summed E-state index contributed by atoms with van der Waals surface area (Å²) in [5.74, 6) is -1.28. The SMILES string of the molecule is Cc1ccc(NC(=O)c2cnc(CNC(=O)c3ncnc(N)c3Cl)s2)cc1C(F)(F)F. The number of halogens is 4. The fraction of sp³-hybridized carbons (Fsp3) is 0.167. The molecule has 0 fully saturated rings. The molecule has 3 rings (SSSR count). The number of thiazole rings is 1. The minimum Gasteiger partial charge on any atom is -0.382 e. The van der Waals surface area contributed by atoms with Crippen molar-refractivity contribution in [2.75, 3.05) is 11.1 Å². The zero-order chi connectivity index (χ0) is 22.8. The highest BCUT2D eigenvalue weighted by molar-refractivity contribution is 7.13. The molecule has 0 unspecified atom stereocenters. The average molecular weight is 471 g/mol. The van der Waals surface area contributed by atoms with E-state index in [-0.39, 0.29) is 39.2 Å². The molecule has 3 aromatic rings. The molecule has 0 atom stereocenters. The number of nitrogens with zero attached hydrogens (tertiary/aromatic N) is 3. The number of hydrogen-bond acceptors (Lipinski definition) is 7. The van der Waals surface area contributed by atoms with Crippen LogP contribution >= 0.6 is 22.9 Å². The Hall–Kier alpha value is -3.25. The van der Waals surface area contributed by atoms with Gasteiger partial charge in [0, 0.05) is 5.69 Å². The van der Waals surface area contributed by atoms with Crippen LogP contribution in [0, 0.1) is 6.92 Å². The van der Waals surface area contributed by atoms with Gasteiger partial charge in [0.2, 0.25) is 0 Å². The summed E-state index contributed by atoms with van der Waals surface area (Å²) >= 11 is 6.86. The topological polar surface area (TPSA) is 123 Å². The van der Waals surface area contributed by atoms with Gasteiger partial charge in [-0.05, 0) is 24.6 Å². The van der Waals surface area contributed by atoms with Crippen LogP contribution in [0.2, 0.25) is 5.02 Å². The van der Waals surface area contributed by atoms with E-state index >= 15 is 0 Å². The molecule has 0 aliphatic carbocycles. The van der Waals surface area contributed by atoms with Gasteiger partial charge >= 0.3 is 6.18 Å². The quantitative estimate of drug-likeness (QED) is 0.522. The molecule has 8 nitrogen and oxygen atoms in total. The van der Waals surface area contributed by atoms with Crippen molar-refractivity contribution in [2.45, 2.75) is 19.6 Å². The normalized spacial score (nSPS) is 11.3. The lowest BCUT2D eigenvalue weighted by Gasteiger charge is -2.12. The summed E-state index contributed by atoms with van der Waals surface area (Å²) in [6.45, 7) is 1.31. The van der Waals surface area contributed by atoms with Crippen molar-refractivity contribution in [3.8, 4) is 0 Å². The van der Waals surface area contributed by atoms with Crippen LogP contribution in [-0.4, -0.2) is 26.8 Å². The van der Waals surface area contributed by atoms with E-state index in [9.17, 15) is 22.8 Å². The van der Waals surface area contributed by atoms with Crippen LogP contribution in [0.4, 0.5) is 24.7 Å². The maximum atomic E-state index is 13.0. The van der Waals surface area contributed by atoms with Crippen molar-refractivity contribution >= 4 is 46.3 Å². The van der Waals surface area contributed by atoms with Gasteiger partial charge in [-0.15, -0.1) is 11.3 Å². The van der Waals surface area contributed by atoms with Gasteiger partial charge in [0.1, 0.15) is 27.1 Å². The molecule has 1 aromatic carbocycles. The van der Waals surface area contributed by atoms with E-state index in [1.54, 1.807) is 0 Å². The Kier molecular flexibility index (Phi) is 6.41. The van der Waals surface area contributed by atoms with Crippen LogP contribution in [0.5, 0.6) is 0 Å². The van der Waals surface area contributed by atoms with E-state index in [1.165, 1.54) is 25.3 Å². The molecule has 13 heteroatoms. The molecule has 2 heterocycles.